The van der Waals surface area contributed by atoms with Gasteiger partial charge in [0.1, 0.15) is 0 Å². The Kier molecular flexibility index (Phi) is 2.76. The van der Waals surface area contributed by atoms with E-state index in [4.69, 9.17) is 4.98 Å². The summed E-state index contributed by atoms with van der Waals surface area (Å²) in [5.41, 5.74) is 1.34. The molecule has 3 heteroatoms. The first-order valence-corrected chi connectivity index (χ1v) is 6.95. The van der Waals surface area contributed by atoms with Gasteiger partial charge >= 0.3 is 0 Å². The molecular formula is C12H18N2S. The molecule has 0 aromatic carbocycles. The molecule has 2 nitrogen and oxygen atoms in total. The molecule has 2 fully saturated rings. The third-order valence-corrected chi connectivity index (χ3v) is 4.74. The zero-order valence-corrected chi connectivity index (χ0v) is 9.85. The monoisotopic (exact) mass is 222 g/mol. The molecule has 82 valence electrons. The van der Waals surface area contributed by atoms with Crippen LogP contribution in [0.5, 0.6) is 0 Å². The second-order valence-corrected chi connectivity index (χ2v) is 5.76. The molecule has 15 heavy (non-hydrogen) atoms. The van der Waals surface area contributed by atoms with E-state index in [1.54, 1.807) is 0 Å². The number of rotatable bonds is 3. The molecule has 1 aliphatic heterocycles. The lowest BCUT2D eigenvalue weighted by atomic mass is 9.86. The van der Waals surface area contributed by atoms with Gasteiger partial charge in [0.2, 0.25) is 0 Å². The summed E-state index contributed by atoms with van der Waals surface area (Å²) in [7, 11) is 0. The molecule has 0 spiro atoms. The fourth-order valence-corrected chi connectivity index (χ4v) is 3.45. The van der Waals surface area contributed by atoms with Gasteiger partial charge in [-0.1, -0.05) is 6.42 Å². The number of nitrogens with zero attached hydrogens (tertiary/aromatic N) is 1. The maximum absolute atomic E-state index is 4.79. The summed E-state index contributed by atoms with van der Waals surface area (Å²) >= 11 is 1.89. The quantitative estimate of drug-likeness (QED) is 0.850. The van der Waals surface area contributed by atoms with Crippen LogP contribution in [0.4, 0.5) is 0 Å². The molecule has 0 amide bonds. The van der Waals surface area contributed by atoms with E-state index >= 15 is 0 Å². The molecule has 1 saturated carbocycles. The molecule has 1 N–H and O–H groups in total. The Hall–Kier alpha value is -0.410. The van der Waals surface area contributed by atoms with Crippen molar-refractivity contribution in [2.45, 2.75) is 38.0 Å². The van der Waals surface area contributed by atoms with Crippen molar-refractivity contribution >= 4 is 11.3 Å². The summed E-state index contributed by atoms with van der Waals surface area (Å²) in [5.74, 6) is 1.65. The molecule has 2 aliphatic rings. The van der Waals surface area contributed by atoms with Crippen molar-refractivity contribution in [2.24, 2.45) is 5.92 Å². The number of nitrogens with one attached hydrogen (secondary N) is 1. The van der Waals surface area contributed by atoms with Gasteiger partial charge in [0.25, 0.3) is 0 Å². The van der Waals surface area contributed by atoms with Gasteiger partial charge in [0.15, 0.2) is 0 Å². The van der Waals surface area contributed by atoms with Crippen LogP contribution in [-0.4, -0.2) is 18.1 Å². The minimum atomic E-state index is 0.811. The van der Waals surface area contributed by atoms with Crippen LogP contribution >= 0.6 is 11.3 Å². The lowest BCUT2D eigenvalue weighted by Gasteiger charge is -2.22. The van der Waals surface area contributed by atoms with E-state index < -0.39 is 0 Å². The fraction of sp³-hybridized carbons (Fsp3) is 0.750. The third-order valence-electron chi connectivity index (χ3n) is 3.68. The summed E-state index contributed by atoms with van der Waals surface area (Å²) in [6, 6.07) is 0. The van der Waals surface area contributed by atoms with Crippen LogP contribution in [0.15, 0.2) is 5.38 Å². The predicted molar refractivity (Wildman–Crippen MR) is 63.4 cm³/mol. The van der Waals surface area contributed by atoms with Crippen molar-refractivity contribution in [3.05, 3.63) is 16.1 Å². The normalized spacial score (nSPS) is 26.8. The number of hydrogen-bond acceptors (Lipinski definition) is 3. The van der Waals surface area contributed by atoms with E-state index in [0.717, 1.165) is 11.8 Å². The van der Waals surface area contributed by atoms with E-state index in [2.05, 4.69) is 10.7 Å². The Bertz CT molecular complexity index is 324. The highest BCUT2D eigenvalue weighted by Crippen LogP contribution is 2.37. The van der Waals surface area contributed by atoms with Gasteiger partial charge in [0, 0.05) is 11.3 Å². The van der Waals surface area contributed by atoms with Gasteiger partial charge in [-0.15, -0.1) is 11.3 Å². The summed E-state index contributed by atoms with van der Waals surface area (Å²) in [6.45, 7) is 2.39. The molecule has 1 aliphatic carbocycles. The number of aromatic nitrogens is 1. The maximum atomic E-state index is 4.79. The van der Waals surface area contributed by atoms with Crippen molar-refractivity contribution < 1.29 is 0 Å². The minimum absolute atomic E-state index is 0.811. The number of hydrogen-bond donors (Lipinski definition) is 1. The molecule has 1 saturated heterocycles. The van der Waals surface area contributed by atoms with Crippen LogP contribution in [-0.2, 0) is 6.42 Å². The highest BCUT2D eigenvalue weighted by molar-refractivity contribution is 7.09. The van der Waals surface area contributed by atoms with Crippen LogP contribution in [0.1, 0.15) is 42.3 Å². The minimum Gasteiger partial charge on any atom is -0.316 e. The van der Waals surface area contributed by atoms with Crippen LogP contribution < -0.4 is 5.32 Å². The van der Waals surface area contributed by atoms with Gasteiger partial charge in [-0.2, -0.15) is 0 Å². The topological polar surface area (TPSA) is 24.9 Å². The van der Waals surface area contributed by atoms with Crippen molar-refractivity contribution in [1.82, 2.24) is 10.3 Å². The molecule has 1 atom stereocenters. The van der Waals surface area contributed by atoms with Crippen LogP contribution in [0.25, 0.3) is 0 Å². The second kappa shape index (κ2) is 4.22. The predicted octanol–water partition coefficient (Wildman–Crippen LogP) is 2.56. The molecule has 1 aromatic heterocycles. The average Bonchev–Trinajstić information content (AvgIpc) is 2.75. The van der Waals surface area contributed by atoms with E-state index in [9.17, 15) is 0 Å². The van der Waals surface area contributed by atoms with Gasteiger partial charge in [-0.3, -0.25) is 0 Å². The third kappa shape index (κ3) is 2.08. The standard InChI is InChI=1S/C12H18N2S/c1-2-10(3-1)12-14-11(8-15-12)6-9-4-5-13-7-9/h8-10,13H,1-7H2. The lowest BCUT2D eigenvalue weighted by molar-refractivity contribution is 0.417. The smallest absolute Gasteiger partial charge is 0.0959 e. The zero-order valence-electron chi connectivity index (χ0n) is 9.04. The second-order valence-electron chi connectivity index (χ2n) is 4.87. The van der Waals surface area contributed by atoms with Crippen molar-refractivity contribution in [1.29, 1.82) is 0 Å². The zero-order chi connectivity index (χ0) is 10.1. The summed E-state index contributed by atoms with van der Waals surface area (Å²) in [6.07, 6.45) is 6.68. The SMILES string of the molecule is c1sc(C2CCC2)nc1CC1CCNC1. The van der Waals surface area contributed by atoms with Crippen LogP contribution in [0.2, 0.25) is 0 Å². The van der Waals surface area contributed by atoms with Crippen molar-refractivity contribution in [3.8, 4) is 0 Å². The van der Waals surface area contributed by atoms with Gasteiger partial charge in [-0.05, 0) is 44.7 Å². The fourth-order valence-electron chi connectivity index (χ4n) is 2.44. The van der Waals surface area contributed by atoms with Gasteiger partial charge in [0.05, 0.1) is 10.7 Å². The molecule has 1 unspecified atom stereocenters. The Labute approximate surface area is 95.1 Å². The molecule has 3 rings (SSSR count). The molecule has 0 radical (unpaired) electrons. The lowest BCUT2D eigenvalue weighted by Crippen LogP contribution is -2.11. The van der Waals surface area contributed by atoms with E-state index in [-0.39, 0.29) is 0 Å². The van der Waals surface area contributed by atoms with Crippen LogP contribution in [0.3, 0.4) is 0 Å². The van der Waals surface area contributed by atoms with E-state index in [0.29, 0.717) is 0 Å². The Balaban J connectivity index is 1.62. The molecule has 0 bridgehead atoms. The largest absolute Gasteiger partial charge is 0.316 e. The van der Waals surface area contributed by atoms with Gasteiger partial charge in [-0.25, -0.2) is 4.98 Å². The first kappa shape index (κ1) is 9.79. The van der Waals surface area contributed by atoms with E-state index in [1.165, 1.54) is 55.9 Å². The average molecular weight is 222 g/mol. The first-order chi connectivity index (χ1) is 7.42. The number of thiazole rings is 1. The summed E-state index contributed by atoms with van der Waals surface area (Å²) in [4.78, 5) is 4.79. The Morgan fingerprint density at radius 2 is 2.33 bits per heavy atom. The Morgan fingerprint density at radius 1 is 1.40 bits per heavy atom. The van der Waals surface area contributed by atoms with Gasteiger partial charge < -0.3 is 5.32 Å². The maximum Gasteiger partial charge on any atom is 0.0959 e. The van der Waals surface area contributed by atoms with Crippen molar-refractivity contribution in [3.63, 3.8) is 0 Å². The Morgan fingerprint density at radius 3 is 3.00 bits per heavy atom. The highest BCUT2D eigenvalue weighted by Gasteiger charge is 2.23. The van der Waals surface area contributed by atoms with Crippen LogP contribution in [0, 0.1) is 5.92 Å². The summed E-state index contributed by atoms with van der Waals surface area (Å²) < 4.78 is 0. The highest BCUT2D eigenvalue weighted by atomic mass is 32.1. The summed E-state index contributed by atoms with van der Waals surface area (Å²) in [5, 5.41) is 7.11. The van der Waals surface area contributed by atoms with Crippen molar-refractivity contribution in [2.75, 3.05) is 13.1 Å². The molecule has 2 heterocycles. The molecule has 1 aromatic rings. The molecular weight excluding hydrogens is 204 g/mol. The van der Waals surface area contributed by atoms with E-state index in [1.807, 2.05) is 11.3 Å². The first-order valence-electron chi connectivity index (χ1n) is 6.07.